The second-order valence-corrected chi connectivity index (χ2v) is 8.07. The molecule has 0 fully saturated rings. The van der Waals surface area contributed by atoms with Crippen LogP contribution in [-0.4, -0.2) is 41.2 Å². The van der Waals surface area contributed by atoms with Crippen LogP contribution in [0.1, 0.15) is 5.56 Å². The van der Waals surface area contributed by atoms with Gasteiger partial charge in [-0.05, 0) is 42.5 Å². The van der Waals surface area contributed by atoms with E-state index in [0.29, 0.717) is 0 Å². The molecule has 164 valence electrons. The predicted molar refractivity (Wildman–Crippen MR) is 104 cm³/mol. The summed E-state index contributed by atoms with van der Waals surface area (Å²) in [7, 11) is -2.27. The molecule has 7 nitrogen and oxygen atoms in total. The minimum absolute atomic E-state index is 0.00347. The van der Waals surface area contributed by atoms with Crippen LogP contribution in [0.5, 0.6) is 5.75 Å². The molecule has 2 rings (SSSR count). The Morgan fingerprint density at radius 3 is 2.40 bits per heavy atom. The highest BCUT2D eigenvalue weighted by atomic mass is 35.5. The zero-order valence-electron chi connectivity index (χ0n) is 15.6. The molecule has 0 bridgehead atoms. The summed E-state index contributed by atoms with van der Waals surface area (Å²) in [6, 6.07) is 8.25. The lowest BCUT2D eigenvalue weighted by Crippen LogP contribution is -2.27. The number of methoxy groups -OCH3 is 1. The van der Waals surface area contributed by atoms with Gasteiger partial charge in [-0.15, -0.1) is 0 Å². The first kappa shape index (κ1) is 23.9. The number of alkyl halides is 3. The van der Waals surface area contributed by atoms with Crippen molar-refractivity contribution in [3.05, 3.63) is 53.1 Å². The molecule has 0 aliphatic rings. The van der Waals surface area contributed by atoms with Crippen LogP contribution in [0.25, 0.3) is 0 Å². The first-order chi connectivity index (χ1) is 14.0. The van der Waals surface area contributed by atoms with Crippen molar-refractivity contribution in [2.45, 2.75) is 11.1 Å². The van der Waals surface area contributed by atoms with Gasteiger partial charge >= 0.3 is 6.18 Å². The molecule has 2 N–H and O–H groups in total. The van der Waals surface area contributed by atoms with Crippen LogP contribution in [0.15, 0.2) is 47.4 Å². The van der Waals surface area contributed by atoms with Gasteiger partial charge in [-0.1, -0.05) is 11.6 Å². The molecule has 2 aromatic rings. The largest absolute Gasteiger partial charge is 0.484 e. The van der Waals surface area contributed by atoms with Crippen LogP contribution in [-0.2, 0) is 25.7 Å². The molecule has 0 unspecified atom stereocenters. The Morgan fingerprint density at radius 1 is 1.13 bits per heavy atom. The molecule has 0 radical (unpaired) electrons. The standard InChI is InChI=1S/C18H18ClF3N2O5S/c1-28-9-8-23-30(26,27)14-5-3-13(4-6-14)29-11-17(25)24-12-2-7-16(19)15(10-12)18(20,21)22/h2-7,10,23H,8-9,11H2,1H3,(H,24,25). The summed E-state index contributed by atoms with van der Waals surface area (Å²) in [4.78, 5) is 11.9. The van der Waals surface area contributed by atoms with Crippen molar-refractivity contribution in [1.82, 2.24) is 4.72 Å². The Labute approximate surface area is 176 Å². The summed E-state index contributed by atoms with van der Waals surface area (Å²) in [6.07, 6.45) is -4.66. The van der Waals surface area contributed by atoms with Crippen LogP contribution < -0.4 is 14.8 Å². The smallest absolute Gasteiger partial charge is 0.417 e. The molecule has 0 saturated heterocycles. The van der Waals surface area contributed by atoms with Gasteiger partial charge in [0.1, 0.15) is 5.75 Å². The summed E-state index contributed by atoms with van der Waals surface area (Å²) in [5.41, 5.74) is -1.16. The Hall–Kier alpha value is -2.34. The normalized spacial score (nSPS) is 11.9. The topological polar surface area (TPSA) is 93.7 Å². The number of sulfonamides is 1. The van der Waals surface area contributed by atoms with Crippen molar-refractivity contribution in [3.63, 3.8) is 0 Å². The van der Waals surface area contributed by atoms with E-state index in [1.807, 2.05) is 0 Å². The maximum atomic E-state index is 12.9. The van der Waals surface area contributed by atoms with Crippen LogP contribution in [0.2, 0.25) is 5.02 Å². The number of hydrogen-bond acceptors (Lipinski definition) is 5. The minimum Gasteiger partial charge on any atom is -0.484 e. The van der Waals surface area contributed by atoms with Gasteiger partial charge in [0.15, 0.2) is 6.61 Å². The van der Waals surface area contributed by atoms with Crippen molar-refractivity contribution < 1.29 is 35.9 Å². The van der Waals surface area contributed by atoms with Gasteiger partial charge in [-0.3, -0.25) is 4.79 Å². The molecule has 0 saturated carbocycles. The lowest BCUT2D eigenvalue weighted by atomic mass is 10.2. The van der Waals surface area contributed by atoms with Gasteiger partial charge in [0.05, 0.1) is 22.1 Å². The Kier molecular flexibility index (Phi) is 8.07. The summed E-state index contributed by atoms with van der Waals surface area (Å²) < 4.78 is 75.0. The van der Waals surface area contributed by atoms with E-state index in [1.54, 1.807) is 0 Å². The highest BCUT2D eigenvalue weighted by Gasteiger charge is 2.33. The van der Waals surface area contributed by atoms with E-state index in [-0.39, 0.29) is 29.5 Å². The van der Waals surface area contributed by atoms with Gasteiger partial charge in [0.2, 0.25) is 10.0 Å². The third kappa shape index (κ3) is 6.87. The number of hydrogen-bond donors (Lipinski definition) is 2. The van der Waals surface area contributed by atoms with Crippen molar-refractivity contribution in [2.75, 3.05) is 32.2 Å². The maximum Gasteiger partial charge on any atom is 0.417 e. The first-order valence-electron chi connectivity index (χ1n) is 8.41. The molecule has 0 heterocycles. The minimum atomic E-state index is -4.66. The van der Waals surface area contributed by atoms with Crippen LogP contribution in [0.3, 0.4) is 0 Å². The molecule has 0 aliphatic carbocycles. The number of nitrogens with one attached hydrogen (secondary N) is 2. The number of rotatable bonds is 9. The van der Waals surface area contributed by atoms with Crippen molar-refractivity contribution >= 4 is 33.2 Å². The fourth-order valence-electron chi connectivity index (χ4n) is 2.24. The maximum absolute atomic E-state index is 12.9. The third-order valence-electron chi connectivity index (χ3n) is 3.66. The van der Waals surface area contributed by atoms with Crippen molar-refractivity contribution in [2.24, 2.45) is 0 Å². The quantitative estimate of drug-likeness (QED) is 0.553. The molecule has 0 spiro atoms. The van der Waals surface area contributed by atoms with E-state index >= 15 is 0 Å². The Morgan fingerprint density at radius 2 is 1.80 bits per heavy atom. The van der Waals surface area contributed by atoms with Gasteiger partial charge < -0.3 is 14.8 Å². The van der Waals surface area contributed by atoms with E-state index < -0.39 is 39.3 Å². The second kappa shape index (κ2) is 10.1. The summed E-state index contributed by atoms with van der Waals surface area (Å²) in [5, 5.41) is 1.79. The number of benzene rings is 2. The van der Waals surface area contributed by atoms with Crippen LogP contribution >= 0.6 is 11.6 Å². The lowest BCUT2D eigenvalue weighted by molar-refractivity contribution is -0.137. The molecule has 1 amide bonds. The zero-order valence-corrected chi connectivity index (χ0v) is 17.2. The number of halogens is 4. The van der Waals surface area contributed by atoms with Gasteiger partial charge in [0, 0.05) is 19.3 Å². The fraction of sp³-hybridized carbons (Fsp3) is 0.278. The summed E-state index contributed by atoms with van der Waals surface area (Å²) in [6.45, 7) is -0.173. The van der Waals surface area contributed by atoms with E-state index in [4.69, 9.17) is 21.1 Å². The molecule has 30 heavy (non-hydrogen) atoms. The Bertz CT molecular complexity index is 982. The zero-order chi connectivity index (χ0) is 22.4. The Balaban J connectivity index is 1.94. The average Bonchev–Trinajstić information content (AvgIpc) is 2.67. The van der Waals surface area contributed by atoms with E-state index in [1.165, 1.54) is 37.4 Å². The number of carbonyl (C=O) groups is 1. The second-order valence-electron chi connectivity index (χ2n) is 5.89. The molecule has 0 aromatic heterocycles. The molecule has 0 atom stereocenters. The predicted octanol–water partition coefficient (Wildman–Crippen LogP) is 3.30. The highest BCUT2D eigenvalue weighted by molar-refractivity contribution is 7.89. The van der Waals surface area contributed by atoms with Gasteiger partial charge in [0.25, 0.3) is 5.91 Å². The fourth-order valence-corrected chi connectivity index (χ4v) is 3.48. The molecule has 12 heteroatoms. The highest BCUT2D eigenvalue weighted by Crippen LogP contribution is 2.36. The van der Waals surface area contributed by atoms with Gasteiger partial charge in [-0.2, -0.15) is 13.2 Å². The average molecular weight is 467 g/mol. The van der Waals surface area contributed by atoms with E-state index in [9.17, 15) is 26.4 Å². The van der Waals surface area contributed by atoms with Crippen molar-refractivity contribution in [3.8, 4) is 5.75 Å². The lowest BCUT2D eigenvalue weighted by Gasteiger charge is -2.12. The summed E-state index contributed by atoms with van der Waals surface area (Å²) >= 11 is 5.53. The molecular formula is C18H18ClF3N2O5S. The van der Waals surface area contributed by atoms with Gasteiger partial charge in [-0.25, -0.2) is 13.1 Å². The SMILES string of the molecule is COCCNS(=O)(=O)c1ccc(OCC(=O)Nc2ccc(Cl)c(C(F)(F)F)c2)cc1. The van der Waals surface area contributed by atoms with Crippen molar-refractivity contribution in [1.29, 1.82) is 0 Å². The number of amides is 1. The number of anilines is 1. The number of carbonyl (C=O) groups excluding carboxylic acids is 1. The molecular weight excluding hydrogens is 449 g/mol. The van der Waals surface area contributed by atoms with E-state index in [0.717, 1.165) is 12.1 Å². The number of ether oxygens (including phenoxy) is 2. The van der Waals surface area contributed by atoms with Crippen LogP contribution in [0, 0.1) is 0 Å². The summed E-state index contributed by atoms with van der Waals surface area (Å²) in [5.74, 6) is -0.503. The molecule has 0 aliphatic heterocycles. The van der Waals surface area contributed by atoms with Crippen LogP contribution in [0.4, 0.5) is 18.9 Å². The first-order valence-corrected chi connectivity index (χ1v) is 10.3. The monoisotopic (exact) mass is 466 g/mol. The van der Waals surface area contributed by atoms with E-state index in [2.05, 4.69) is 10.0 Å². The molecule has 2 aromatic carbocycles. The third-order valence-corrected chi connectivity index (χ3v) is 5.46.